The minimum absolute atomic E-state index is 0.0241. The number of benzene rings is 1. The molecule has 2 saturated carbocycles. The van der Waals surface area contributed by atoms with Gasteiger partial charge in [-0.15, -0.1) is 0 Å². The molecule has 262 valence electrons. The van der Waals surface area contributed by atoms with E-state index in [0.717, 1.165) is 5.56 Å². The lowest BCUT2D eigenvalue weighted by molar-refractivity contribution is -0.120. The lowest BCUT2D eigenvalue weighted by Crippen LogP contribution is -2.59. The predicted molar refractivity (Wildman–Crippen MR) is 174 cm³/mol. The summed E-state index contributed by atoms with van der Waals surface area (Å²) in [5.74, 6) is -3.36. The van der Waals surface area contributed by atoms with Gasteiger partial charge in [0.2, 0.25) is 11.8 Å². The van der Waals surface area contributed by atoms with Crippen molar-refractivity contribution in [1.29, 1.82) is 5.26 Å². The second kappa shape index (κ2) is 11.9. The number of nitrogens with one attached hydrogen (secondary N) is 1. The molecule has 1 spiro atoms. The predicted octanol–water partition coefficient (Wildman–Crippen LogP) is 5.04. The molecular formula is C36H37F3N6O5. The summed E-state index contributed by atoms with van der Waals surface area (Å²) in [5.41, 5.74) is -1.94. The van der Waals surface area contributed by atoms with E-state index in [1.165, 1.54) is 28.6 Å². The van der Waals surface area contributed by atoms with Crippen LogP contribution in [-0.2, 0) is 15.0 Å². The standard InChI is InChI=1S/C36H37F3N6O5/c1-20(2)14-34(19-46,17-44-18-35(15-23(44)16-40)25-6-4-5-7-26(25)41-33(35)49)43(3)32(48)22-12-27-29(31(47)36(37,38)39)30(21-8-9-21)42-45(27)28(13-22)50-24-10-11-24/h4-7,12-13,19-21,23-24H,8-11,14-15,17-18H2,1-3H3,(H,41,49)/t23-,34+,35-/m0/s1. The van der Waals surface area contributed by atoms with E-state index >= 15 is 0 Å². The van der Waals surface area contributed by atoms with Crippen LogP contribution >= 0.6 is 0 Å². The number of alkyl halides is 3. The monoisotopic (exact) mass is 690 g/mol. The molecule has 2 aliphatic heterocycles. The molecule has 7 rings (SSSR count). The third-order valence-corrected chi connectivity index (χ3v) is 10.4. The Morgan fingerprint density at radius 3 is 2.54 bits per heavy atom. The van der Waals surface area contributed by atoms with Crippen LogP contribution < -0.4 is 10.1 Å². The third-order valence-electron chi connectivity index (χ3n) is 10.4. The van der Waals surface area contributed by atoms with Crippen LogP contribution in [0.1, 0.15) is 90.3 Å². The summed E-state index contributed by atoms with van der Waals surface area (Å²) in [5, 5.41) is 17.6. The zero-order valence-electron chi connectivity index (χ0n) is 27.9. The number of ether oxygens (including phenoxy) is 1. The second-order valence-corrected chi connectivity index (χ2v) is 14.6. The van der Waals surface area contributed by atoms with Gasteiger partial charge in [-0.3, -0.25) is 19.3 Å². The molecular weight excluding hydrogens is 653 g/mol. The summed E-state index contributed by atoms with van der Waals surface area (Å²) in [6, 6.07) is 11.4. The molecule has 1 saturated heterocycles. The molecule has 4 aliphatic rings. The Kier molecular flexibility index (Phi) is 8.05. The molecule has 50 heavy (non-hydrogen) atoms. The molecule has 3 aromatic rings. The molecule has 11 nitrogen and oxygen atoms in total. The number of hydrogen-bond acceptors (Lipinski definition) is 8. The Morgan fingerprint density at radius 2 is 1.92 bits per heavy atom. The highest BCUT2D eigenvalue weighted by Gasteiger charge is 2.56. The number of Topliss-reactive ketones (excluding diaryl/α,β-unsaturated/α-hetero) is 1. The average molecular weight is 691 g/mol. The first kappa shape index (κ1) is 33.7. The first-order valence-electron chi connectivity index (χ1n) is 16.9. The number of amides is 2. The van der Waals surface area contributed by atoms with Crippen molar-refractivity contribution in [2.24, 2.45) is 5.92 Å². The zero-order valence-corrected chi connectivity index (χ0v) is 27.9. The number of carbonyl (C=O) groups is 4. The van der Waals surface area contributed by atoms with Crippen molar-refractivity contribution < 1.29 is 37.1 Å². The van der Waals surface area contributed by atoms with Crippen LogP contribution in [0.5, 0.6) is 5.88 Å². The summed E-state index contributed by atoms with van der Waals surface area (Å²) >= 11 is 0. The van der Waals surface area contributed by atoms with Gasteiger partial charge in [0.05, 0.1) is 34.3 Å². The Morgan fingerprint density at radius 1 is 1.20 bits per heavy atom. The number of likely N-dealkylation sites (N-methyl/N-ethyl adjacent to an activating group) is 1. The maximum absolute atomic E-state index is 14.5. The van der Waals surface area contributed by atoms with Crippen molar-refractivity contribution in [1.82, 2.24) is 19.4 Å². The smallest absolute Gasteiger partial charge is 0.455 e. The van der Waals surface area contributed by atoms with E-state index in [0.29, 0.717) is 37.7 Å². The number of ketones is 1. The number of aldehydes is 1. The van der Waals surface area contributed by atoms with Crippen molar-refractivity contribution in [3.05, 3.63) is 58.8 Å². The van der Waals surface area contributed by atoms with Gasteiger partial charge in [0, 0.05) is 43.4 Å². The van der Waals surface area contributed by atoms with Crippen molar-refractivity contribution in [2.45, 2.75) is 87.6 Å². The van der Waals surface area contributed by atoms with Gasteiger partial charge in [-0.05, 0) is 62.1 Å². The summed E-state index contributed by atoms with van der Waals surface area (Å²) in [6.45, 7) is 3.84. The van der Waals surface area contributed by atoms with Crippen LogP contribution in [-0.4, -0.2) is 87.3 Å². The molecule has 0 radical (unpaired) electrons. The first-order valence-corrected chi connectivity index (χ1v) is 16.9. The van der Waals surface area contributed by atoms with Gasteiger partial charge in [-0.25, -0.2) is 0 Å². The molecule has 14 heteroatoms. The normalized spacial score (nSPS) is 23.1. The number of aromatic nitrogens is 2. The van der Waals surface area contributed by atoms with E-state index < -0.39 is 40.4 Å². The SMILES string of the molecule is CC(C)C[C@](C=O)(CN1C[C@]2(C[C@H]1C#N)C(=O)Nc1ccccc12)N(C)C(=O)c1cc(OC2CC2)n2nc(C3CC3)c(C(=O)C(F)(F)F)c2c1. The molecule has 1 N–H and O–H groups in total. The van der Waals surface area contributed by atoms with E-state index in [4.69, 9.17) is 4.74 Å². The second-order valence-electron chi connectivity index (χ2n) is 14.6. The van der Waals surface area contributed by atoms with E-state index in [1.54, 1.807) is 11.0 Å². The fourth-order valence-electron chi connectivity index (χ4n) is 7.65. The lowest BCUT2D eigenvalue weighted by atomic mass is 9.80. The molecule has 2 amide bonds. The van der Waals surface area contributed by atoms with Crippen LogP contribution in [0.3, 0.4) is 0 Å². The Hall–Kier alpha value is -4.77. The number of para-hydroxylation sites is 1. The van der Waals surface area contributed by atoms with E-state index in [-0.39, 0.29) is 72.4 Å². The molecule has 3 fully saturated rings. The van der Waals surface area contributed by atoms with Crippen LogP contribution in [0.2, 0.25) is 0 Å². The van der Waals surface area contributed by atoms with Crippen LogP contribution in [0, 0.1) is 17.2 Å². The number of likely N-dealkylation sites (tertiary alicyclic amines) is 1. The zero-order chi connectivity index (χ0) is 35.7. The topological polar surface area (TPSA) is 137 Å². The van der Waals surface area contributed by atoms with Crippen LogP contribution in [0.25, 0.3) is 5.52 Å². The van der Waals surface area contributed by atoms with Gasteiger partial charge in [0.15, 0.2) is 0 Å². The number of nitriles is 1. The van der Waals surface area contributed by atoms with Crippen molar-refractivity contribution in [3.63, 3.8) is 0 Å². The largest absolute Gasteiger partial charge is 0.474 e. The average Bonchev–Trinajstić information content (AvgIpc) is 4.00. The van der Waals surface area contributed by atoms with Crippen LogP contribution in [0.15, 0.2) is 36.4 Å². The van der Waals surface area contributed by atoms with Crippen LogP contribution in [0.4, 0.5) is 18.9 Å². The highest BCUT2D eigenvalue weighted by atomic mass is 19.4. The fraction of sp³-hybridized carbons (Fsp3) is 0.500. The number of carbonyl (C=O) groups excluding carboxylic acids is 4. The van der Waals surface area contributed by atoms with Gasteiger partial charge in [0.1, 0.15) is 17.9 Å². The number of nitrogens with zero attached hydrogens (tertiary/aromatic N) is 5. The number of fused-ring (bicyclic) bond motifs is 3. The Labute approximate surface area is 286 Å². The molecule has 0 unspecified atom stereocenters. The quantitative estimate of drug-likeness (QED) is 0.218. The van der Waals surface area contributed by atoms with Gasteiger partial charge >= 0.3 is 6.18 Å². The molecule has 0 bridgehead atoms. The number of halogens is 3. The van der Waals surface area contributed by atoms with E-state index in [1.807, 2.05) is 32.0 Å². The van der Waals surface area contributed by atoms with Crippen molar-refractivity contribution in [2.75, 3.05) is 25.5 Å². The Balaban J connectivity index is 1.28. The van der Waals surface area contributed by atoms with E-state index in [2.05, 4.69) is 16.5 Å². The summed E-state index contributed by atoms with van der Waals surface area (Å²) in [7, 11) is 1.45. The lowest BCUT2D eigenvalue weighted by Gasteiger charge is -2.42. The van der Waals surface area contributed by atoms with Gasteiger partial charge in [0.25, 0.3) is 11.7 Å². The van der Waals surface area contributed by atoms with E-state index in [9.17, 15) is 37.6 Å². The molecule has 1 aromatic carbocycles. The minimum Gasteiger partial charge on any atom is -0.474 e. The molecule has 2 aromatic heterocycles. The maximum atomic E-state index is 14.5. The maximum Gasteiger partial charge on any atom is 0.455 e. The summed E-state index contributed by atoms with van der Waals surface area (Å²) in [4.78, 5) is 57.0. The molecule has 3 atom stereocenters. The highest BCUT2D eigenvalue weighted by molar-refractivity contribution is 6.09. The van der Waals surface area contributed by atoms with Crippen molar-refractivity contribution in [3.8, 4) is 11.9 Å². The molecule has 4 heterocycles. The highest BCUT2D eigenvalue weighted by Crippen LogP contribution is 2.47. The van der Waals surface area contributed by atoms with Gasteiger partial charge in [-0.2, -0.15) is 28.0 Å². The Bertz CT molecular complexity index is 1960. The molecule has 2 aliphatic carbocycles. The fourth-order valence-corrected chi connectivity index (χ4v) is 7.65. The minimum atomic E-state index is -5.17. The van der Waals surface area contributed by atoms with Gasteiger partial charge < -0.3 is 19.7 Å². The number of pyridine rings is 1. The van der Waals surface area contributed by atoms with Crippen molar-refractivity contribution >= 4 is 35.1 Å². The first-order chi connectivity index (χ1) is 23.7. The van der Waals surface area contributed by atoms with Gasteiger partial charge in [-0.1, -0.05) is 32.0 Å². The number of rotatable bonds is 11. The summed E-state index contributed by atoms with van der Waals surface area (Å²) < 4.78 is 49.0. The summed E-state index contributed by atoms with van der Waals surface area (Å²) in [6.07, 6.45) is -1.73. The number of anilines is 1. The number of hydrogen-bond donors (Lipinski definition) is 1. The third kappa shape index (κ3) is 5.61.